The van der Waals surface area contributed by atoms with Crippen molar-refractivity contribution >= 4 is 11.9 Å². The third-order valence-electron chi connectivity index (χ3n) is 11.3. The van der Waals surface area contributed by atoms with Crippen molar-refractivity contribution in [2.45, 2.75) is 259 Å². The van der Waals surface area contributed by atoms with Crippen LogP contribution in [0.1, 0.15) is 252 Å². The lowest BCUT2D eigenvalue weighted by molar-refractivity contribution is -0.143. The molecule has 7 nitrogen and oxygen atoms in total. The van der Waals surface area contributed by atoms with Gasteiger partial charge in [0.05, 0.1) is 12.7 Å². The minimum Gasteiger partial charge on any atom is -0.466 e. The molecule has 0 radical (unpaired) electrons. The van der Waals surface area contributed by atoms with Gasteiger partial charge in [0.2, 0.25) is 5.91 Å². The van der Waals surface area contributed by atoms with Crippen LogP contribution in [0.3, 0.4) is 0 Å². The smallest absolute Gasteiger partial charge is 0.305 e. The summed E-state index contributed by atoms with van der Waals surface area (Å²) in [4.78, 5) is 26.0. The van der Waals surface area contributed by atoms with Crippen molar-refractivity contribution < 1.29 is 23.8 Å². The average Bonchev–Trinajstić information content (AvgIpc) is 3.19. The molecular formula is C49H98N2O5. The Bertz CT molecular complexity index is 780. The molecule has 0 saturated carbocycles. The van der Waals surface area contributed by atoms with E-state index in [1.54, 1.807) is 6.92 Å². The van der Waals surface area contributed by atoms with Crippen LogP contribution in [0.4, 0.5) is 0 Å². The summed E-state index contributed by atoms with van der Waals surface area (Å²) in [5, 5.41) is 2.94. The molecule has 334 valence electrons. The molecule has 0 bridgehead atoms. The molecule has 0 saturated heterocycles. The largest absolute Gasteiger partial charge is 0.466 e. The Balaban J connectivity index is 4.10. The van der Waals surface area contributed by atoms with E-state index in [-0.39, 0.29) is 11.9 Å². The van der Waals surface area contributed by atoms with Crippen molar-refractivity contribution in [3.8, 4) is 0 Å². The van der Waals surface area contributed by atoms with Gasteiger partial charge in [0, 0.05) is 26.5 Å². The number of amides is 1. The van der Waals surface area contributed by atoms with Crippen LogP contribution < -0.4 is 5.32 Å². The lowest BCUT2D eigenvalue weighted by Gasteiger charge is -2.22. The maximum Gasteiger partial charge on any atom is 0.305 e. The van der Waals surface area contributed by atoms with Crippen LogP contribution in [-0.4, -0.2) is 69.1 Å². The Morgan fingerprint density at radius 3 is 1.39 bits per heavy atom. The van der Waals surface area contributed by atoms with Gasteiger partial charge in [-0.05, 0) is 77.4 Å². The quantitative estimate of drug-likeness (QED) is 0.0376. The fourth-order valence-corrected chi connectivity index (χ4v) is 7.58. The van der Waals surface area contributed by atoms with Crippen LogP contribution in [0.15, 0.2) is 0 Å². The number of ether oxygens (including phenoxy) is 3. The van der Waals surface area contributed by atoms with Crippen molar-refractivity contribution in [2.75, 3.05) is 46.2 Å². The molecule has 0 aromatic carbocycles. The summed E-state index contributed by atoms with van der Waals surface area (Å²) in [6.45, 7) is 14.5. The Morgan fingerprint density at radius 1 is 0.482 bits per heavy atom. The maximum atomic E-state index is 12.1. The fourth-order valence-electron chi connectivity index (χ4n) is 7.58. The van der Waals surface area contributed by atoms with Gasteiger partial charge in [-0.15, -0.1) is 0 Å². The van der Waals surface area contributed by atoms with E-state index in [1.807, 2.05) is 0 Å². The van der Waals surface area contributed by atoms with Gasteiger partial charge in [0.25, 0.3) is 0 Å². The normalized spacial score (nSPS) is 11.6. The number of hydrogen-bond acceptors (Lipinski definition) is 6. The SMILES string of the molecule is CCCCCCCCCOC(=O)CCCCCCCN(CCCCCCCCOCOC(CCCCCCCC)CCCCCCCC)CCCCNC(C)=O. The number of esters is 1. The van der Waals surface area contributed by atoms with Gasteiger partial charge in [0.1, 0.15) is 6.79 Å². The van der Waals surface area contributed by atoms with Crippen LogP contribution in [0.25, 0.3) is 0 Å². The summed E-state index contributed by atoms with van der Waals surface area (Å²) in [7, 11) is 0. The molecule has 0 aromatic rings. The summed E-state index contributed by atoms with van der Waals surface area (Å²) in [6, 6.07) is 0. The highest BCUT2D eigenvalue weighted by atomic mass is 16.7. The summed E-state index contributed by atoms with van der Waals surface area (Å²) in [5.74, 6) is 0.0511. The van der Waals surface area contributed by atoms with Gasteiger partial charge in [0.15, 0.2) is 0 Å². The second-order valence-corrected chi connectivity index (χ2v) is 16.9. The third-order valence-corrected chi connectivity index (χ3v) is 11.3. The number of carbonyl (C=O) groups excluding carboxylic acids is 2. The standard InChI is InChI=1S/C49H98N2O5/c1-5-8-11-14-18-27-36-45-55-49(53)39-30-23-20-25-33-42-51(43-34-31-40-50-47(4)52)41-32-24-17-19-26-35-44-54-46-56-48(37-28-21-15-12-9-6-2)38-29-22-16-13-10-7-3/h48H,5-46H2,1-4H3,(H,50,52). The molecule has 0 unspecified atom stereocenters. The number of nitrogens with zero attached hydrogens (tertiary/aromatic N) is 1. The molecule has 0 fully saturated rings. The molecule has 0 aromatic heterocycles. The molecule has 0 spiro atoms. The molecule has 56 heavy (non-hydrogen) atoms. The monoisotopic (exact) mass is 795 g/mol. The predicted molar refractivity (Wildman–Crippen MR) is 240 cm³/mol. The molecule has 0 atom stereocenters. The maximum absolute atomic E-state index is 12.1. The van der Waals surface area contributed by atoms with E-state index in [9.17, 15) is 9.59 Å². The van der Waals surface area contributed by atoms with Crippen molar-refractivity contribution in [1.29, 1.82) is 0 Å². The van der Waals surface area contributed by atoms with Gasteiger partial charge >= 0.3 is 5.97 Å². The lowest BCUT2D eigenvalue weighted by Crippen LogP contribution is -2.28. The molecule has 7 heteroatoms. The van der Waals surface area contributed by atoms with E-state index in [4.69, 9.17) is 14.2 Å². The summed E-state index contributed by atoms with van der Waals surface area (Å²) >= 11 is 0. The average molecular weight is 795 g/mol. The summed E-state index contributed by atoms with van der Waals surface area (Å²) in [5.41, 5.74) is 0. The van der Waals surface area contributed by atoms with E-state index < -0.39 is 0 Å². The lowest BCUT2D eigenvalue weighted by atomic mass is 10.0. The first-order valence-corrected chi connectivity index (χ1v) is 24.8. The zero-order valence-electron chi connectivity index (χ0n) is 38.3. The van der Waals surface area contributed by atoms with E-state index >= 15 is 0 Å². The van der Waals surface area contributed by atoms with Crippen molar-refractivity contribution in [3.63, 3.8) is 0 Å². The second-order valence-electron chi connectivity index (χ2n) is 16.9. The predicted octanol–water partition coefficient (Wildman–Crippen LogP) is 14.0. The van der Waals surface area contributed by atoms with Crippen LogP contribution >= 0.6 is 0 Å². The van der Waals surface area contributed by atoms with Gasteiger partial charge in [-0.2, -0.15) is 0 Å². The molecular weight excluding hydrogens is 697 g/mol. The van der Waals surface area contributed by atoms with Gasteiger partial charge in [-0.3, -0.25) is 9.59 Å². The first kappa shape index (κ1) is 54.8. The second kappa shape index (κ2) is 46.5. The van der Waals surface area contributed by atoms with Gasteiger partial charge < -0.3 is 24.4 Å². The topological polar surface area (TPSA) is 77.1 Å². The zero-order valence-corrected chi connectivity index (χ0v) is 38.3. The van der Waals surface area contributed by atoms with E-state index in [0.29, 0.717) is 25.9 Å². The van der Waals surface area contributed by atoms with Crippen LogP contribution in [0, 0.1) is 0 Å². The highest BCUT2D eigenvalue weighted by Gasteiger charge is 2.10. The van der Waals surface area contributed by atoms with Gasteiger partial charge in [-0.1, -0.05) is 181 Å². The number of carbonyl (C=O) groups is 2. The number of rotatable bonds is 47. The molecule has 0 aliphatic rings. The minimum absolute atomic E-state index is 0.0132. The first-order chi connectivity index (χ1) is 27.5. The van der Waals surface area contributed by atoms with Crippen LogP contribution in [0.2, 0.25) is 0 Å². The molecule has 0 rings (SSSR count). The van der Waals surface area contributed by atoms with Crippen LogP contribution in [-0.2, 0) is 23.8 Å². The molecule has 1 N–H and O–H groups in total. The van der Waals surface area contributed by atoms with E-state index in [1.165, 1.54) is 186 Å². The van der Waals surface area contributed by atoms with E-state index in [2.05, 4.69) is 31.0 Å². The number of unbranched alkanes of at least 4 members (excludes halogenated alkanes) is 26. The number of nitrogens with one attached hydrogen (secondary N) is 1. The molecule has 1 amide bonds. The number of hydrogen-bond donors (Lipinski definition) is 1. The third kappa shape index (κ3) is 43.9. The van der Waals surface area contributed by atoms with Crippen LogP contribution in [0.5, 0.6) is 0 Å². The van der Waals surface area contributed by atoms with E-state index in [0.717, 1.165) is 64.8 Å². The minimum atomic E-state index is -0.0132. The summed E-state index contributed by atoms with van der Waals surface area (Å²) < 4.78 is 17.7. The van der Waals surface area contributed by atoms with Crippen molar-refractivity contribution in [2.24, 2.45) is 0 Å². The zero-order chi connectivity index (χ0) is 40.8. The fraction of sp³-hybridized carbons (Fsp3) is 0.959. The Labute approximate surface area is 349 Å². The summed E-state index contributed by atoms with van der Waals surface area (Å²) in [6.07, 6.45) is 43.5. The van der Waals surface area contributed by atoms with Crippen molar-refractivity contribution in [3.05, 3.63) is 0 Å². The Morgan fingerprint density at radius 2 is 0.893 bits per heavy atom. The molecule has 0 aliphatic carbocycles. The Kier molecular flexibility index (Phi) is 45.5. The highest BCUT2D eigenvalue weighted by Crippen LogP contribution is 2.17. The molecule has 0 aliphatic heterocycles. The van der Waals surface area contributed by atoms with Gasteiger partial charge in [-0.25, -0.2) is 0 Å². The highest BCUT2D eigenvalue weighted by molar-refractivity contribution is 5.72. The van der Waals surface area contributed by atoms with Crippen molar-refractivity contribution in [1.82, 2.24) is 10.2 Å². The molecule has 0 heterocycles. The first-order valence-electron chi connectivity index (χ1n) is 24.8. The Hall–Kier alpha value is -1.18.